The Labute approximate surface area is 73.1 Å². The first-order valence-corrected chi connectivity index (χ1v) is 4.28. The summed E-state index contributed by atoms with van der Waals surface area (Å²) in [5.41, 5.74) is 9.55. The fourth-order valence-corrected chi connectivity index (χ4v) is 1.16. The number of benzene rings is 1. The Bertz CT molecular complexity index is 219. The molecule has 0 N–H and O–H groups in total. The molecule has 2 nitrogen and oxygen atoms in total. The lowest BCUT2D eigenvalue weighted by Gasteiger charge is -1.97. The van der Waals surface area contributed by atoms with Crippen molar-refractivity contribution >= 4 is 0 Å². The molecule has 0 unspecified atom stereocenters. The minimum atomic E-state index is 0.562. The Morgan fingerprint density at radius 3 is 2.50 bits per heavy atom. The van der Waals surface area contributed by atoms with Crippen molar-refractivity contribution in [2.45, 2.75) is 19.3 Å². The van der Waals surface area contributed by atoms with E-state index in [9.17, 15) is 0 Å². The molecule has 0 saturated carbocycles. The number of hydrogen-bond donors (Lipinski definition) is 0. The number of aryl methyl sites for hydroxylation is 1. The van der Waals surface area contributed by atoms with Crippen LogP contribution in [0.2, 0.25) is 0 Å². The van der Waals surface area contributed by atoms with Gasteiger partial charge in [0, 0.05) is 0 Å². The molecule has 2 heteroatoms. The maximum absolute atomic E-state index is 8.19. The summed E-state index contributed by atoms with van der Waals surface area (Å²) < 4.78 is 0. The fourth-order valence-electron chi connectivity index (χ4n) is 1.16. The molecule has 0 amide bonds. The van der Waals surface area contributed by atoms with Gasteiger partial charge in [0.1, 0.15) is 0 Å². The third kappa shape index (κ3) is 3.28. The first kappa shape index (κ1) is 8.91. The van der Waals surface area contributed by atoms with Gasteiger partial charge in [0.2, 0.25) is 0 Å². The minimum Gasteiger partial charge on any atom is -0.167 e. The van der Waals surface area contributed by atoms with Gasteiger partial charge in [0.05, 0.1) is 6.54 Å². The van der Waals surface area contributed by atoms with Gasteiger partial charge in [-0.2, -0.15) is 5.11 Å². The number of nitrogens with zero attached hydrogens (tertiary/aromatic N) is 2. The first-order chi connectivity index (χ1) is 5.93. The first-order valence-electron chi connectivity index (χ1n) is 4.28. The Morgan fingerprint density at radius 2 is 1.83 bits per heavy atom. The van der Waals surface area contributed by atoms with E-state index in [2.05, 4.69) is 17.2 Å². The van der Waals surface area contributed by atoms with Crippen LogP contribution in [0, 0.1) is 0 Å². The summed E-state index contributed by atoms with van der Waals surface area (Å²) >= 11 is 0. The molecule has 1 radical (unpaired) electrons. The van der Waals surface area contributed by atoms with Gasteiger partial charge in [-0.15, -0.1) is 0 Å². The van der Waals surface area contributed by atoms with Gasteiger partial charge in [0.15, 0.2) is 0 Å². The van der Waals surface area contributed by atoms with Crippen LogP contribution in [0.4, 0.5) is 0 Å². The standard InChI is InChI=1S/C10H13N2/c11-12-9-5-4-8-10-6-2-1-3-7-10/h1-3,6-7H,4-5,8-9H2. The molecule has 0 bridgehead atoms. The molecule has 0 spiro atoms. The van der Waals surface area contributed by atoms with E-state index in [0.29, 0.717) is 6.54 Å². The molecular weight excluding hydrogens is 148 g/mol. The van der Waals surface area contributed by atoms with E-state index in [0.717, 1.165) is 19.3 Å². The fraction of sp³-hybridized carbons (Fsp3) is 0.400. The molecule has 1 rings (SSSR count). The van der Waals surface area contributed by atoms with Gasteiger partial charge in [-0.1, -0.05) is 30.3 Å². The Balaban J connectivity index is 2.20. The molecular formula is C10H13N2. The highest BCUT2D eigenvalue weighted by Gasteiger charge is 1.90. The monoisotopic (exact) mass is 161 g/mol. The van der Waals surface area contributed by atoms with Gasteiger partial charge in [0.25, 0.3) is 0 Å². The molecule has 63 valence electrons. The van der Waals surface area contributed by atoms with Crippen LogP contribution >= 0.6 is 0 Å². The van der Waals surface area contributed by atoms with Crippen molar-refractivity contribution in [3.05, 3.63) is 35.9 Å². The minimum absolute atomic E-state index is 0.562. The second kappa shape index (κ2) is 5.47. The maximum atomic E-state index is 8.19. The van der Waals surface area contributed by atoms with Crippen LogP contribution in [-0.2, 0) is 6.42 Å². The lowest BCUT2D eigenvalue weighted by Crippen LogP contribution is -1.86. The molecule has 0 heterocycles. The van der Waals surface area contributed by atoms with E-state index in [1.54, 1.807) is 0 Å². The molecule has 0 fully saturated rings. The number of unbranched alkanes of at least 4 members (excludes halogenated alkanes) is 1. The molecule has 0 atom stereocenters. The molecule has 1 aromatic rings. The summed E-state index contributed by atoms with van der Waals surface area (Å²) in [6.07, 6.45) is 3.13. The largest absolute Gasteiger partial charge is 0.167 e. The molecule has 0 saturated heterocycles. The number of hydrogen-bond acceptors (Lipinski definition) is 1. The Hall–Kier alpha value is -1.18. The van der Waals surface area contributed by atoms with Gasteiger partial charge >= 0.3 is 0 Å². The van der Waals surface area contributed by atoms with Gasteiger partial charge in [-0.25, -0.2) is 0 Å². The lowest BCUT2D eigenvalue weighted by atomic mass is 10.1. The van der Waals surface area contributed by atoms with Crippen LogP contribution in [0.25, 0.3) is 0 Å². The van der Waals surface area contributed by atoms with E-state index in [1.165, 1.54) is 5.56 Å². The Kier molecular flexibility index (Phi) is 4.06. The second-order valence-corrected chi connectivity index (χ2v) is 2.81. The highest BCUT2D eigenvalue weighted by molar-refractivity contribution is 5.14. The molecule has 0 aliphatic heterocycles. The quantitative estimate of drug-likeness (QED) is 0.469. The zero-order valence-corrected chi connectivity index (χ0v) is 7.11. The van der Waals surface area contributed by atoms with Crippen molar-refractivity contribution < 1.29 is 0 Å². The van der Waals surface area contributed by atoms with Crippen LogP contribution in [0.15, 0.2) is 35.4 Å². The van der Waals surface area contributed by atoms with Crippen LogP contribution in [0.1, 0.15) is 18.4 Å². The van der Waals surface area contributed by atoms with Crippen molar-refractivity contribution in [1.82, 2.24) is 5.53 Å². The van der Waals surface area contributed by atoms with Crippen LogP contribution in [0.3, 0.4) is 0 Å². The van der Waals surface area contributed by atoms with Crippen molar-refractivity contribution in [3.8, 4) is 0 Å². The van der Waals surface area contributed by atoms with Gasteiger partial charge in [-0.05, 0) is 30.4 Å². The van der Waals surface area contributed by atoms with E-state index in [4.69, 9.17) is 5.53 Å². The van der Waals surface area contributed by atoms with Crippen molar-refractivity contribution in [1.29, 1.82) is 0 Å². The SMILES string of the molecule is [N]=NCCCCc1ccccc1. The van der Waals surface area contributed by atoms with Crippen LogP contribution in [0.5, 0.6) is 0 Å². The smallest absolute Gasteiger partial charge is 0.0621 e. The molecule has 1 aromatic carbocycles. The van der Waals surface area contributed by atoms with Crippen LogP contribution in [-0.4, -0.2) is 6.54 Å². The van der Waals surface area contributed by atoms with Crippen molar-refractivity contribution in [2.24, 2.45) is 5.11 Å². The Morgan fingerprint density at radius 1 is 1.08 bits per heavy atom. The zero-order valence-electron chi connectivity index (χ0n) is 7.11. The van der Waals surface area contributed by atoms with E-state index in [1.807, 2.05) is 18.2 Å². The summed E-state index contributed by atoms with van der Waals surface area (Å²) in [5.74, 6) is 0. The number of rotatable bonds is 5. The highest BCUT2D eigenvalue weighted by Crippen LogP contribution is 2.03. The average molecular weight is 161 g/mol. The second-order valence-electron chi connectivity index (χ2n) is 2.81. The normalized spacial score (nSPS) is 9.67. The zero-order chi connectivity index (χ0) is 8.65. The molecule has 0 aromatic heterocycles. The van der Waals surface area contributed by atoms with Crippen molar-refractivity contribution in [2.75, 3.05) is 6.54 Å². The summed E-state index contributed by atoms with van der Waals surface area (Å²) in [4.78, 5) is 0. The van der Waals surface area contributed by atoms with E-state index in [-0.39, 0.29) is 0 Å². The summed E-state index contributed by atoms with van der Waals surface area (Å²) in [6, 6.07) is 10.4. The predicted molar refractivity (Wildman–Crippen MR) is 48.8 cm³/mol. The third-order valence-corrected chi connectivity index (χ3v) is 1.82. The summed E-state index contributed by atoms with van der Waals surface area (Å²) in [7, 11) is 0. The molecule has 0 aliphatic rings. The van der Waals surface area contributed by atoms with Crippen LogP contribution < -0.4 is 5.53 Å². The average Bonchev–Trinajstić information content (AvgIpc) is 2.14. The highest BCUT2D eigenvalue weighted by atomic mass is 14.9. The van der Waals surface area contributed by atoms with E-state index < -0.39 is 0 Å². The third-order valence-electron chi connectivity index (χ3n) is 1.82. The molecule has 12 heavy (non-hydrogen) atoms. The van der Waals surface area contributed by atoms with E-state index >= 15 is 0 Å². The summed E-state index contributed by atoms with van der Waals surface area (Å²) in [6.45, 7) is 0.562. The molecule has 0 aliphatic carbocycles. The van der Waals surface area contributed by atoms with Crippen molar-refractivity contribution in [3.63, 3.8) is 0 Å². The topological polar surface area (TPSA) is 34.7 Å². The van der Waals surface area contributed by atoms with Gasteiger partial charge in [-0.3, -0.25) is 0 Å². The lowest BCUT2D eigenvalue weighted by molar-refractivity contribution is 0.730. The van der Waals surface area contributed by atoms with Gasteiger partial charge < -0.3 is 0 Å². The predicted octanol–water partition coefficient (Wildman–Crippen LogP) is 2.26. The summed E-state index contributed by atoms with van der Waals surface area (Å²) in [5, 5.41) is 3.07. The maximum Gasteiger partial charge on any atom is 0.0621 e.